The van der Waals surface area contributed by atoms with Gasteiger partial charge in [0.25, 0.3) is 0 Å². The summed E-state index contributed by atoms with van der Waals surface area (Å²) in [7, 11) is 0. The monoisotopic (exact) mass is 419 g/mol. The molecule has 0 unspecified atom stereocenters. The molecule has 0 aromatic heterocycles. The van der Waals surface area contributed by atoms with Crippen molar-refractivity contribution < 1.29 is 19.7 Å². The minimum absolute atomic E-state index is 0.103. The zero-order valence-electron chi connectivity index (χ0n) is 21.4. The van der Waals surface area contributed by atoms with Crippen LogP contribution in [0.2, 0.25) is 0 Å². The molecule has 0 saturated carbocycles. The Balaban J connectivity index is 1.29. The van der Waals surface area contributed by atoms with Gasteiger partial charge >= 0.3 is 0 Å². The van der Waals surface area contributed by atoms with Crippen molar-refractivity contribution in [2.75, 3.05) is 26.3 Å². The van der Waals surface area contributed by atoms with Crippen LogP contribution in [0, 0.1) is 0 Å². The highest BCUT2D eigenvalue weighted by molar-refractivity contribution is 5.44. The lowest BCUT2D eigenvalue weighted by atomic mass is 10.00. The third-order valence-electron chi connectivity index (χ3n) is 5.73. The quantitative estimate of drug-likeness (QED) is 0.525. The Labute approximate surface area is 190 Å². The van der Waals surface area contributed by atoms with Gasteiger partial charge in [0, 0.05) is 15.8 Å². The summed E-state index contributed by atoms with van der Waals surface area (Å²) >= 11 is 0. The van der Waals surface area contributed by atoms with E-state index in [1.54, 1.807) is 18.2 Å². The van der Waals surface area contributed by atoms with Gasteiger partial charge in [-0.25, -0.2) is 0 Å². The second kappa shape index (κ2) is 9.54. The molecule has 160 valence electrons. The molecule has 5 rings (SSSR count). The Kier molecular flexibility index (Phi) is 4.90. The van der Waals surface area contributed by atoms with E-state index in [0.717, 1.165) is 29.5 Å². The molecule has 0 radical (unpaired) electrons. The molecule has 1 fully saturated rings. The molecule has 0 aliphatic carbocycles. The van der Waals surface area contributed by atoms with Gasteiger partial charge in [-0.2, -0.15) is 0 Å². The van der Waals surface area contributed by atoms with Crippen molar-refractivity contribution in [3.63, 3.8) is 0 Å². The summed E-state index contributed by atoms with van der Waals surface area (Å²) in [6.07, 6.45) is 1.56. The van der Waals surface area contributed by atoms with Crippen molar-refractivity contribution >= 4 is 0 Å². The normalized spacial score (nSPS) is 22.4. The van der Waals surface area contributed by atoms with Crippen LogP contribution < -0.4 is 9.47 Å². The van der Waals surface area contributed by atoms with Crippen LogP contribution in [0.15, 0.2) is 78.9 Å². The molecule has 4 heteroatoms. The van der Waals surface area contributed by atoms with Crippen molar-refractivity contribution in [2.45, 2.75) is 31.5 Å². The van der Waals surface area contributed by atoms with E-state index in [2.05, 4.69) is 24.3 Å². The summed E-state index contributed by atoms with van der Waals surface area (Å²) in [4.78, 5) is 1.86. The van der Waals surface area contributed by atoms with E-state index in [1.165, 1.54) is 0 Å². The maximum atomic E-state index is 8.82. The molecule has 1 saturated heterocycles. The first kappa shape index (κ1) is 15.9. The number of benzene rings is 3. The summed E-state index contributed by atoms with van der Waals surface area (Å²) in [5.41, 5.74) is 2.89. The van der Waals surface area contributed by atoms with Gasteiger partial charge in [0.1, 0.15) is 8.85 Å². The highest BCUT2D eigenvalue weighted by Gasteiger charge is 2.25. The van der Waals surface area contributed by atoms with Gasteiger partial charge in [0.05, 0.1) is 6.10 Å². The predicted octanol–water partition coefficient (Wildman–Crippen LogP) is 5.23. The van der Waals surface area contributed by atoms with Crippen LogP contribution in [0.4, 0.5) is 0 Å². The highest BCUT2D eigenvalue weighted by Crippen LogP contribution is 2.33. The molecule has 0 amide bonds. The highest BCUT2D eigenvalue weighted by atomic mass is 16.7. The average molecular weight is 420 g/mol. The van der Waals surface area contributed by atoms with E-state index >= 15 is 0 Å². The van der Waals surface area contributed by atoms with E-state index < -0.39 is 13.2 Å². The third kappa shape index (κ3) is 4.92. The minimum atomic E-state index is -2.19. The lowest BCUT2D eigenvalue weighted by Gasteiger charge is -2.35. The van der Waals surface area contributed by atoms with Gasteiger partial charge < -0.3 is 19.1 Å². The van der Waals surface area contributed by atoms with Gasteiger partial charge in [0.15, 0.2) is 11.5 Å². The van der Waals surface area contributed by atoms with Gasteiger partial charge in [-0.1, -0.05) is 66.7 Å². The number of nitrogens with zero attached hydrogens (tertiary/aromatic N) is 1. The molecule has 2 aliphatic heterocycles. The Bertz CT molecular complexity index is 1100. The molecule has 2 aliphatic rings. The minimum Gasteiger partial charge on any atom is -0.454 e. The fourth-order valence-electron chi connectivity index (χ4n) is 4.13. The molecule has 3 aromatic carbocycles. The number of ether oxygens (including phenoxy) is 3. The van der Waals surface area contributed by atoms with Crippen LogP contribution >= 0.6 is 0 Å². The van der Waals surface area contributed by atoms with E-state index in [4.69, 9.17) is 19.7 Å². The molecule has 0 spiro atoms. The first-order chi connectivity index (χ1) is 16.8. The number of hydrogen-bond donors (Lipinski definition) is 0. The van der Waals surface area contributed by atoms with E-state index in [1.807, 2.05) is 41.3 Å². The summed E-state index contributed by atoms with van der Waals surface area (Å²) in [6, 6.07) is 25.4. The fourth-order valence-corrected chi connectivity index (χ4v) is 4.13. The van der Waals surface area contributed by atoms with E-state index in [-0.39, 0.29) is 18.6 Å². The average Bonchev–Trinajstić information content (AvgIpc) is 3.16. The zero-order chi connectivity index (χ0) is 24.5. The Hall–Kier alpha value is -2.82. The number of likely N-dealkylation sites (tertiary alicyclic amines) is 1. The Morgan fingerprint density at radius 3 is 2.42 bits per heavy atom. The predicted molar refractivity (Wildman–Crippen MR) is 122 cm³/mol. The Morgan fingerprint density at radius 2 is 1.68 bits per heavy atom. The fraction of sp³-hybridized carbons (Fsp3) is 0.333. The van der Waals surface area contributed by atoms with Crippen molar-refractivity contribution in [1.29, 1.82) is 0 Å². The van der Waals surface area contributed by atoms with Crippen molar-refractivity contribution in [3.05, 3.63) is 95.6 Å². The van der Waals surface area contributed by atoms with Crippen molar-refractivity contribution in [2.24, 2.45) is 0 Å². The molecule has 0 N–H and O–H groups in total. The van der Waals surface area contributed by atoms with Crippen LogP contribution in [0.25, 0.3) is 0 Å². The topological polar surface area (TPSA) is 30.9 Å². The smallest absolute Gasteiger partial charge is 0.231 e. The van der Waals surface area contributed by atoms with Crippen molar-refractivity contribution in [1.82, 2.24) is 4.90 Å². The number of fused-ring (bicyclic) bond motifs is 1. The van der Waals surface area contributed by atoms with E-state index in [9.17, 15) is 0 Å². The van der Waals surface area contributed by atoms with Gasteiger partial charge in [-0.3, -0.25) is 0 Å². The molecular formula is C27H29NO3. The summed E-state index contributed by atoms with van der Waals surface area (Å²) in [5, 5.41) is 0. The van der Waals surface area contributed by atoms with Gasteiger partial charge in [-0.05, 0) is 54.6 Å². The first-order valence-electron chi connectivity index (χ1n) is 12.8. The number of hydrogen-bond acceptors (Lipinski definition) is 4. The molecule has 1 atom stereocenters. The van der Waals surface area contributed by atoms with Crippen LogP contribution in [-0.4, -0.2) is 37.3 Å². The molecule has 2 heterocycles. The maximum Gasteiger partial charge on any atom is 0.231 e. The third-order valence-corrected chi connectivity index (χ3v) is 5.73. The van der Waals surface area contributed by atoms with Crippen LogP contribution in [0.1, 0.15) is 41.1 Å². The SMILES string of the molecule is [2H]C1([2H])Oc2ccc(CC([2H])([2H])N3CCC[C@@H](OC(c4ccccc4)c4ccccc4)C3)cc2O1. The summed E-state index contributed by atoms with van der Waals surface area (Å²) in [6.45, 7) is -2.63. The summed E-state index contributed by atoms with van der Waals surface area (Å²) in [5.74, 6) is 0.635. The van der Waals surface area contributed by atoms with Crippen LogP contribution in [0.5, 0.6) is 11.5 Å². The molecule has 0 bridgehead atoms. The second-order valence-corrected chi connectivity index (χ2v) is 7.95. The zero-order valence-corrected chi connectivity index (χ0v) is 17.4. The molecular weight excluding hydrogens is 386 g/mol. The van der Waals surface area contributed by atoms with E-state index in [0.29, 0.717) is 24.6 Å². The van der Waals surface area contributed by atoms with Gasteiger partial charge in [0.2, 0.25) is 6.75 Å². The first-order valence-corrected chi connectivity index (χ1v) is 10.8. The van der Waals surface area contributed by atoms with Crippen molar-refractivity contribution in [3.8, 4) is 11.5 Å². The molecule has 31 heavy (non-hydrogen) atoms. The lowest BCUT2D eigenvalue weighted by molar-refractivity contribution is -0.0330. The van der Waals surface area contributed by atoms with Gasteiger partial charge in [-0.15, -0.1) is 0 Å². The Morgan fingerprint density at radius 1 is 0.968 bits per heavy atom. The van der Waals surface area contributed by atoms with Crippen LogP contribution in [-0.2, 0) is 11.2 Å². The number of rotatable bonds is 7. The standard InChI is InChI=1S/C27H29NO3/c1-3-8-22(9-4-1)27(23-10-5-2-6-11-23)31-24-12-7-16-28(19-24)17-15-21-13-14-25-26(18-21)30-20-29-25/h1-6,8-11,13-14,18,24,27H,7,12,15-17,19-20H2/t24-/m1/s1/i17D2,20D2. The molecule has 4 nitrogen and oxygen atoms in total. The maximum absolute atomic E-state index is 8.82. The summed E-state index contributed by atoms with van der Waals surface area (Å²) < 4.78 is 49.8. The lowest BCUT2D eigenvalue weighted by Crippen LogP contribution is -2.41. The largest absolute Gasteiger partial charge is 0.454 e. The van der Waals surface area contributed by atoms with Crippen LogP contribution in [0.3, 0.4) is 0 Å². The molecule has 3 aromatic rings. The number of piperidine rings is 1. The second-order valence-electron chi connectivity index (χ2n) is 7.95. The number of aryl methyl sites for hydroxylation is 1.